The molecule has 0 fully saturated rings. The summed E-state index contributed by atoms with van der Waals surface area (Å²) >= 11 is 1.14. The second-order valence-electron chi connectivity index (χ2n) is 2.78. The van der Waals surface area contributed by atoms with Crippen molar-refractivity contribution in [2.45, 2.75) is 4.21 Å². The van der Waals surface area contributed by atoms with Crippen LogP contribution in [0.4, 0.5) is 0 Å². The standard InChI is InChI=1S/C10H8O3S2/c11-15(12,10-7-4-8-14-10)13-9-5-2-1-3-6-9/h1-8H. The highest BCUT2D eigenvalue weighted by atomic mass is 32.3. The quantitative estimate of drug-likeness (QED) is 0.774. The molecule has 2 rings (SSSR count). The van der Waals surface area contributed by atoms with Gasteiger partial charge in [0.1, 0.15) is 5.75 Å². The first kappa shape index (κ1) is 10.2. The van der Waals surface area contributed by atoms with Crippen LogP contribution in [0.25, 0.3) is 0 Å². The van der Waals surface area contributed by atoms with Gasteiger partial charge in [-0.05, 0) is 23.6 Å². The lowest BCUT2D eigenvalue weighted by Gasteiger charge is -2.03. The summed E-state index contributed by atoms with van der Waals surface area (Å²) in [6.07, 6.45) is 0. The largest absolute Gasteiger partial charge is 0.378 e. The SMILES string of the molecule is O=S(=O)(Oc1ccccc1)c1cccs1. The first-order chi connectivity index (χ1) is 7.18. The van der Waals surface area contributed by atoms with Gasteiger partial charge in [0, 0.05) is 0 Å². The van der Waals surface area contributed by atoms with E-state index in [0.29, 0.717) is 5.75 Å². The van der Waals surface area contributed by atoms with Crippen molar-refractivity contribution in [1.82, 2.24) is 0 Å². The van der Waals surface area contributed by atoms with E-state index in [4.69, 9.17) is 4.18 Å². The zero-order chi connectivity index (χ0) is 10.7. The van der Waals surface area contributed by atoms with Crippen LogP contribution in [0.15, 0.2) is 52.1 Å². The van der Waals surface area contributed by atoms with Gasteiger partial charge < -0.3 is 4.18 Å². The first-order valence-electron chi connectivity index (χ1n) is 4.21. The maximum Gasteiger partial charge on any atom is 0.348 e. The van der Waals surface area contributed by atoms with Crippen molar-refractivity contribution in [1.29, 1.82) is 0 Å². The van der Waals surface area contributed by atoms with Crippen molar-refractivity contribution in [3.63, 3.8) is 0 Å². The molecule has 0 atom stereocenters. The van der Waals surface area contributed by atoms with Gasteiger partial charge in [-0.15, -0.1) is 11.3 Å². The fourth-order valence-electron chi connectivity index (χ4n) is 1.05. The Morgan fingerprint density at radius 1 is 1.00 bits per heavy atom. The number of hydrogen-bond donors (Lipinski definition) is 0. The molecule has 0 saturated carbocycles. The molecule has 0 aliphatic carbocycles. The highest BCUT2D eigenvalue weighted by molar-refractivity contribution is 7.89. The fraction of sp³-hybridized carbons (Fsp3) is 0. The third-order valence-corrected chi connectivity index (χ3v) is 4.29. The summed E-state index contributed by atoms with van der Waals surface area (Å²) in [5, 5.41) is 1.70. The van der Waals surface area contributed by atoms with Crippen molar-refractivity contribution in [3.8, 4) is 5.75 Å². The minimum Gasteiger partial charge on any atom is -0.378 e. The smallest absolute Gasteiger partial charge is 0.348 e. The van der Waals surface area contributed by atoms with E-state index in [-0.39, 0.29) is 4.21 Å². The van der Waals surface area contributed by atoms with Gasteiger partial charge in [-0.1, -0.05) is 24.3 Å². The number of hydrogen-bond acceptors (Lipinski definition) is 4. The van der Waals surface area contributed by atoms with Crippen LogP contribution in [-0.4, -0.2) is 8.42 Å². The molecule has 78 valence electrons. The number of rotatable bonds is 3. The molecule has 0 unspecified atom stereocenters. The van der Waals surface area contributed by atoms with Gasteiger partial charge in [0.25, 0.3) is 0 Å². The normalized spacial score (nSPS) is 11.2. The number of thiophene rings is 1. The van der Waals surface area contributed by atoms with Crippen LogP contribution in [0.1, 0.15) is 0 Å². The van der Waals surface area contributed by atoms with Crippen LogP contribution in [0, 0.1) is 0 Å². The van der Waals surface area contributed by atoms with Gasteiger partial charge in [0.2, 0.25) is 0 Å². The van der Waals surface area contributed by atoms with Crippen molar-refractivity contribution in [2.75, 3.05) is 0 Å². The third-order valence-electron chi connectivity index (χ3n) is 1.69. The molecule has 0 spiro atoms. The topological polar surface area (TPSA) is 43.4 Å². The third kappa shape index (κ3) is 2.37. The summed E-state index contributed by atoms with van der Waals surface area (Å²) in [4.78, 5) is 0. The highest BCUT2D eigenvalue weighted by Gasteiger charge is 2.16. The Labute approximate surface area is 92.1 Å². The van der Waals surface area contributed by atoms with Crippen LogP contribution in [0.3, 0.4) is 0 Å². The van der Waals surface area contributed by atoms with Gasteiger partial charge in [0.15, 0.2) is 4.21 Å². The van der Waals surface area contributed by atoms with Crippen molar-refractivity contribution >= 4 is 21.5 Å². The van der Waals surface area contributed by atoms with Gasteiger partial charge >= 0.3 is 10.1 Å². The lowest BCUT2D eigenvalue weighted by Crippen LogP contribution is -2.07. The van der Waals surface area contributed by atoms with E-state index in [2.05, 4.69) is 0 Å². The molecule has 0 amide bonds. The maximum absolute atomic E-state index is 11.7. The molecule has 5 heteroatoms. The molecular weight excluding hydrogens is 232 g/mol. The molecule has 0 aliphatic heterocycles. The molecule has 1 heterocycles. The Bertz CT molecular complexity index is 515. The maximum atomic E-state index is 11.7. The summed E-state index contributed by atoms with van der Waals surface area (Å²) in [7, 11) is -3.65. The van der Waals surface area contributed by atoms with E-state index >= 15 is 0 Å². The zero-order valence-electron chi connectivity index (χ0n) is 7.66. The van der Waals surface area contributed by atoms with Crippen molar-refractivity contribution in [3.05, 3.63) is 47.8 Å². The second kappa shape index (κ2) is 4.04. The Hall–Kier alpha value is -1.33. The van der Waals surface area contributed by atoms with E-state index in [1.807, 2.05) is 0 Å². The van der Waals surface area contributed by atoms with Gasteiger partial charge in [-0.25, -0.2) is 0 Å². The molecule has 1 aromatic carbocycles. The molecule has 0 radical (unpaired) electrons. The molecule has 1 aromatic heterocycles. The Kier molecular flexibility index (Phi) is 2.75. The van der Waals surface area contributed by atoms with E-state index in [1.165, 1.54) is 6.07 Å². The molecule has 0 saturated heterocycles. The van der Waals surface area contributed by atoms with Gasteiger partial charge in [0.05, 0.1) is 0 Å². The van der Waals surface area contributed by atoms with E-state index < -0.39 is 10.1 Å². The Morgan fingerprint density at radius 3 is 2.33 bits per heavy atom. The predicted molar refractivity (Wildman–Crippen MR) is 58.6 cm³/mol. The molecular formula is C10H8O3S2. The average molecular weight is 240 g/mol. The van der Waals surface area contributed by atoms with Crippen LogP contribution in [0.2, 0.25) is 0 Å². The fourth-order valence-corrected chi connectivity index (χ4v) is 2.93. The second-order valence-corrected chi connectivity index (χ2v) is 5.50. The average Bonchev–Trinajstić information content (AvgIpc) is 2.71. The van der Waals surface area contributed by atoms with E-state index in [1.54, 1.807) is 41.8 Å². The molecule has 0 aliphatic rings. The predicted octanol–water partition coefficient (Wildman–Crippen LogP) is 2.52. The lowest BCUT2D eigenvalue weighted by molar-refractivity contribution is 0.488. The highest BCUT2D eigenvalue weighted by Crippen LogP contribution is 2.21. The van der Waals surface area contributed by atoms with Crippen LogP contribution in [-0.2, 0) is 10.1 Å². The summed E-state index contributed by atoms with van der Waals surface area (Å²) in [5.41, 5.74) is 0. The summed E-state index contributed by atoms with van der Waals surface area (Å²) < 4.78 is 28.4. The van der Waals surface area contributed by atoms with Crippen molar-refractivity contribution in [2.24, 2.45) is 0 Å². The van der Waals surface area contributed by atoms with Crippen LogP contribution >= 0.6 is 11.3 Å². The molecule has 15 heavy (non-hydrogen) atoms. The summed E-state index contributed by atoms with van der Waals surface area (Å²) in [6.45, 7) is 0. The summed E-state index contributed by atoms with van der Waals surface area (Å²) in [5.74, 6) is 0.325. The molecule has 0 N–H and O–H groups in total. The number of para-hydroxylation sites is 1. The Balaban J connectivity index is 2.27. The van der Waals surface area contributed by atoms with Gasteiger partial charge in [-0.3, -0.25) is 0 Å². The number of benzene rings is 1. The van der Waals surface area contributed by atoms with Gasteiger partial charge in [-0.2, -0.15) is 8.42 Å². The molecule has 0 bridgehead atoms. The first-order valence-corrected chi connectivity index (χ1v) is 6.50. The van der Waals surface area contributed by atoms with Crippen LogP contribution in [0.5, 0.6) is 5.75 Å². The zero-order valence-corrected chi connectivity index (χ0v) is 9.29. The van der Waals surface area contributed by atoms with Crippen molar-refractivity contribution < 1.29 is 12.6 Å². The summed E-state index contributed by atoms with van der Waals surface area (Å²) in [6, 6.07) is 11.6. The molecule has 3 nitrogen and oxygen atoms in total. The van der Waals surface area contributed by atoms with E-state index in [0.717, 1.165) is 11.3 Å². The minimum absolute atomic E-state index is 0.214. The lowest BCUT2D eigenvalue weighted by atomic mass is 10.3. The molecule has 2 aromatic rings. The Morgan fingerprint density at radius 2 is 1.73 bits per heavy atom. The monoisotopic (exact) mass is 240 g/mol. The van der Waals surface area contributed by atoms with E-state index in [9.17, 15) is 8.42 Å². The minimum atomic E-state index is -3.65. The van der Waals surface area contributed by atoms with Crippen LogP contribution < -0.4 is 4.18 Å².